The number of hydrogen-bond donors (Lipinski definition) is 3. The molecule has 1 amide bonds. The summed E-state index contributed by atoms with van der Waals surface area (Å²) in [6.07, 6.45) is 0. The second-order valence-corrected chi connectivity index (χ2v) is 12.5. The topological polar surface area (TPSA) is 117 Å². The minimum Gasteiger partial charge on any atom is -0.330 e. The molecule has 0 bridgehead atoms. The minimum atomic E-state index is -3.98. The monoisotopic (exact) mass is 571 g/mol. The van der Waals surface area contributed by atoms with Crippen LogP contribution in [0.4, 0.5) is 11.4 Å². The Balaban J connectivity index is 1.49. The Labute approximate surface area is 238 Å². The first-order valence-electron chi connectivity index (χ1n) is 12.6. The molecule has 0 fully saturated rings. The lowest BCUT2D eigenvalue weighted by Gasteiger charge is -2.21. The summed E-state index contributed by atoms with van der Waals surface area (Å²) < 4.78 is 23.9. The molecule has 4 aromatic rings. The van der Waals surface area contributed by atoms with E-state index in [0.717, 1.165) is 27.6 Å². The molecule has 0 spiro atoms. The van der Waals surface area contributed by atoms with Gasteiger partial charge in [-0.05, 0) is 63.8 Å². The van der Waals surface area contributed by atoms with Crippen LogP contribution in [-0.4, -0.2) is 25.1 Å². The van der Waals surface area contributed by atoms with Crippen LogP contribution in [0.3, 0.4) is 0 Å². The van der Waals surface area contributed by atoms with Gasteiger partial charge in [-0.3, -0.25) is 10.2 Å². The number of carbonyl (C=O) groups excluding carboxylic acids is 1. The molecule has 4 N–H and O–H groups in total. The van der Waals surface area contributed by atoms with Crippen molar-refractivity contribution in [2.45, 2.75) is 37.6 Å². The quantitative estimate of drug-likeness (QED) is 0.229. The Kier molecular flexibility index (Phi) is 7.17. The number of fused-ring (bicyclic) bond motifs is 2. The average Bonchev–Trinajstić information content (AvgIpc) is 3.16. The highest BCUT2D eigenvalue weighted by Crippen LogP contribution is 2.35. The first-order valence-corrected chi connectivity index (χ1v) is 14.6. The SMILES string of the molecule is CC(C)(C)c1ccc2c(c1)C(=NNC(=S)Nc1ccccc1S(N)(=O)=O)C(=O)N2Cc1cccc2ccccc12. The molecule has 0 atom stereocenters. The van der Waals surface area contributed by atoms with E-state index in [0.29, 0.717) is 12.1 Å². The van der Waals surface area contributed by atoms with Crippen molar-refractivity contribution in [3.8, 4) is 0 Å². The molecule has 0 saturated carbocycles. The number of nitrogens with one attached hydrogen (secondary N) is 2. The van der Waals surface area contributed by atoms with Crippen molar-refractivity contribution < 1.29 is 13.2 Å². The second-order valence-electron chi connectivity index (χ2n) is 10.6. The van der Waals surface area contributed by atoms with Gasteiger partial charge in [-0.15, -0.1) is 0 Å². The van der Waals surface area contributed by atoms with E-state index in [1.54, 1.807) is 23.1 Å². The molecule has 204 valence electrons. The maximum Gasteiger partial charge on any atom is 0.279 e. The van der Waals surface area contributed by atoms with Crippen LogP contribution >= 0.6 is 12.2 Å². The predicted octanol–water partition coefficient (Wildman–Crippen LogP) is 5.02. The zero-order chi connectivity index (χ0) is 28.7. The predicted molar refractivity (Wildman–Crippen MR) is 164 cm³/mol. The number of nitrogens with zero attached hydrogens (tertiary/aromatic N) is 2. The number of hydrazone groups is 1. The standard InChI is InChI=1S/C30H29N5O3S2/c1-30(2,3)21-15-16-25-23(17-21)27(33-34-29(39)32-24-13-6-7-14-26(24)40(31,37)38)28(36)35(25)18-20-11-8-10-19-9-4-5-12-22(19)20/h4-17H,18H2,1-3H3,(H2,31,37,38)(H2,32,34,39). The van der Waals surface area contributed by atoms with Gasteiger partial charge in [-0.2, -0.15) is 5.10 Å². The van der Waals surface area contributed by atoms with Gasteiger partial charge in [0, 0.05) is 5.56 Å². The van der Waals surface area contributed by atoms with E-state index >= 15 is 0 Å². The van der Waals surface area contributed by atoms with Gasteiger partial charge in [-0.1, -0.05) is 81.4 Å². The van der Waals surface area contributed by atoms with Gasteiger partial charge in [0.15, 0.2) is 10.8 Å². The van der Waals surface area contributed by atoms with Crippen molar-refractivity contribution in [1.82, 2.24) is 5.43 Å². The first kappa shape index (κ1) is 27.4. The normalized spacial score (nSPS) is 14.4. The van der Waals surface area contributed by atoms with Crippen molar-refractivity contribution >= 4 is 61.1 Å². The summed E-state index contributed by atoms with van der Waals surface area (Å²) in [7, 11) is -3.98. The molecule has 5 rings (SSSR count). The fourth-order valence-corrected chi connectivity index (χ4v) is 5.57. The van der Waals surface area contributed by atoms with E-state index in [4.69, 9.17) is 17.4 Å². The smallest absolute Gasteiger partial charge is 0.279 e. The van der Waals surface area contributed by atoms with Crippen LogP contribution in [0.1, 0.15) is 37.5 Å². The largest absolute Gasteiger partial charge is 0.330 e. The maximum atomic E-state index is 13.8. The van der Waals surface area contributed by atoms with Crippen molar-refractivity contribution in [3.05, 3.63) is 102 Å². The molecule has 1 heterocycles. The number of sulfonamides is 1. The summed E-state index contributed by atoms with van der Waals surface area (Å²) in [6.45, 7) is 6.69. The number of primary sulfonamides is 1. The third-order valence-corrected chi connectivity index (χ3v) is 7.94. The highest BCUT2D eigenvalue weighted by molar-refractivity contribution is 7.89. The molecule has 1 aliphatic heterocycles. The van der Waals surface area contributed by atoms with E-state index in [2.05, 4.69) is 42.7 Å². The molecule has 0 aliphatic carbocycles. The Hall–Kier alpha value is -4.12. The summed E-state index contributed by atoms with van der Waals surface area (Å²) in [6, 6.07) is 26.3. The molecule has 10 heteroatoms. The highest BCUT2D eigenvalue weighted by Gasteiger charge is 2.35. The molecule has 0 saturated heterocycles. The van der Waals surface area contributed by atoms with Gasteiger partial charge >= 0.3 is 0 Å². The number of para-hydroxylation sites is 1. The Bertz CT molecular complexity index is 1790. The molecular formula is C30H29N5O3S2. The second kappa shape index (κ2) is 10.5. The van der Waals surface area contributed by atoms with Gasteiger partial charge in [-0.25, -0.2) is 13.6 Å². The first-order chi connectivity index (χ1) is 18.9. The molecule has 0 radical (unpaired) electrons. The van der Waals surface area contributed by atoms with E-state index in [1.165, 1.54) is 6.07 Å². The Morgan fingerprint density at radius 2 is 1.68 bits per heavy atom. The third-order valence-electron chi connectivity index (χ3n) is 6.78. The third kappa shape index (κ3) is 5.46. The van der Waals surface area contributed by atoms with E-state index in [1.807, 2.05) is 54.6 Å². The summed E-state index contributed by atoms with van der Waals surface area (Å²) in [5, 5.41) is 14.7. The molecule has 4 aromatic carbocycles. The number of rotatable bonds is 5. The number of anilines is 2. The number of nitrogens with two attached hydrogens (primary N) is 1. The minimum absolute atomic E-state index is 0.0115. The van der Waals surface area contributed by atoms with Crippen molar-refractivity contribution in [1.29, 1.82) is 0 Å². The summed E-state index contributed by atoms with van der Waals surface area (Å²) in [5.74, 6) is -0.269. The molecule has 0 unspecified atom stereocenters. The van der Waals surface area contributed by atoms with Crippen LogP contribution in [0.5, 0.6) is 0 Å². The summed E-state index contributed by atoms with van der Waals surface area (Å²) in [4.78, 5) is 15.4. The Morgan fingerprint density at radius 1 is 0.975 bits per heavy atom. The number of thiocarbonyl (C=S) groups is 1. The fourth-order valence-electron chi connectivity index (χ4n) is 4.72. The fraction of sp³-hybridized carbons (Fsp3) is 0.167. The molecular weight excluding hydrogens is 542 g/mol. The number of amides is 1. The lowest BCUT2D eigenvalue weighted by Crippen LogP contribution is -2.32. The van der Waals surface area contributed by atoms with Crippen LogP contribution < -0.4 is 20.8 Å². The van der Waals surface area contributed by atoms with Crippen LogP contribution in [0, 0.1) is 0 Å². The number of carbonyl (C=O) groups is 1. The van der Waals surface area contributed by atoms with E-state index in [-0.39, 0.29) is 32.7 Å². The molecule has 1 aliphatic rings. The zero-order valence-electron chi connectivity index (χ0n) is 22.3. The molecule has 40 heavy (non-hydrogen) atoms. The van der Waals surface area contributed by atoms with Gasteiger partial charge in [0.05, 0.1) is 17.9 Å². The van der Waals surface area contributed by atoms with Gasteiger partial charge in [0.2, 0.25) is 10.0 Å². The highest BCUT2D eigenvalue weighted by atomic mass is 32.2. The molecule has 0 aromatic heterocycles. The van der Waals surface area contributed by atoms with Gasteiger partial charge < -0.3 is 10.2 Å². The maximum absolute atomic E-state index is 13.8. The van der Waals surface area contributed by atoms with Crippen LogP contribution in [0.2, 0.25) is 0 Å². The van der Waals surface area contributed by atoms with E-state index in [9.17, 15) is 13.2 Å². The lowest BCUT2D eigenvalue weighted by molar-refractivity contribution is -0.112. The van der Waals surface area contributed by atoms with Crippen molar-refractivity contribution in [3.63, 3.8) is 0 Å². The van der Waals surface area contributed by atoms with Crippen LogP contribution in [0.25, 0.3) is 10.8 Å². The van der Waals surface area contributed by atoms with Gasteiger partial charge in [0.25, 0.3) is 5.91 Å². The van der Waals surface area contributed by atoms with Crippen molar-refractivity contribution in [2.24, 2.45) is 10.2 Å². The average molecular weight is 572 g/mol. The van der Waals surface area contributed by atoms with Crippen molar-refractivity contribution in [2.75, 3.05) is 10.2 Å². The van der Waals surface area contributed by atoms with Crippen LogP contribution in [0.15, 0.2) is 94.9 Å². The van der Waals surface area contributed by atoms with Crippen LogP contribution in [-0.2, 0) is 26.8 Å². The number of benzene rings is 4. The Morgan fingerprint density at radius 3 is 2.42 bits per heavy atom. The lowest BCUT2D eigenvalue weighted by atomic mass is 9.85. The summed E-state index contributed by atoms with van der Waals surface area (Å²) in [5.41, 5.74) is 6.51. The zero-order valence-corrected chi connectivity index (χ0v) is 23.9. The van der Waals surface area contributed by atoms with Gasteiger partial charge in [0.1, 0.15) is 4.90 Å². The summed E-state index contributed by atoms with van der Waals surface area (Å²) >= 11 is 5.37. The van der Waals surface area contributed by atoms with E-state index < -0.39 is 10.0 Å². The number of hydrogen-bond acceptors (Lipinski definition) is 5. The molecule has 8 nitrogen and oxygen atoms in total.